The summed E-state index contributed by atoms with van der Waals surface area (Å²) in [5, 5.41) is 7.15. The van der Waals surface area contributed by atoms with Crippen molar-refractivity contribution in [2.24, 2.45) is 5.10 Å². The highest BCUT2D eigenvalue weighted by atomic mass is 35.5. The highest BCUT2D eigenvalue weighted by Crippen LogP contribution is 2.28. The fourth-order valence-electron chi connectivity index (χ4n) is 1.99. The van der Waals surface area contributed by atoms with Crippen LogP contribution in [0.3, 0.4) is 0 Å². The number of amides is 1. The molecule has 0 aliphatic heterocycles. The standard InChI is InChI=1S/C18H13Cl2N3OS2/c19-14-7-5-12(6-8-14)16-10-25-18(22-16)26-11-17(24)23-21-9-13-3-1-2-4-15(13)20/h1-10H,11H2,(H,23,24)/b21-9+. The van der Waals surface area contributed by atoms with Crippen LogP contribution in [0.2, 0.25) is 10.0 Å². The van der Waals surface area contributed by atoms with Gasteiger partial charge < -0.3 is 0 Å². The maximum atomic E-state index is 11.9. The van der Waals surface area contributed by atoms with Gasteiger partial charge in [-0.05, 0) is 18.2 Å². The van der Waals surface area contributed by atoms with E-state index in [0.29, 0.717) is 10.0 Å². The highest BCUT2D eigenvalue weighted by Gasteiger charge is 2.08. The van der Waals surface area contributed by atoms with Gasteiger partial charge in [-0.1, -0.05) is 65.3 Å². The highest BCUT2D eigenvalue weighted by molar-refractivity contribution is 8.01. The first-order valence-corrected chi connectivity index (χ1v) is 10.1. The van der Waals surface area contributed by atoms with Crippen LogP contribution < -0.4 is 5.43 Å². The van der Waals surface area contributed by atoms with E-state index < -0.39 is 0 Å². The molecule has 8 heteroatoms. The molecule has 0 bridgehead atoms. The first kappa shape index (κ1) is 18.9. The quantitative estimate of drug-likeness (QED) is 0.331. The summed E-state index contributed by atoms with van der Waals surface area (Å²) < 4.78 is 0.820. The summed E-state index contributed by atoms with van der Waals surface area (Å²) in [6.45, 7) is 0. The van der Waals surface area contributed by atoms with Crippen molar-refractivity contribution in [2.75, 3.05) is 5.75 Å². The van der Waals surface area contributed by atoms with Gasteiger partial charge in [0.05, 0.1) is 17.7 Å². The predicted octanol–water partition coefficient (Wildman–Crippen LogP) is 5.36. The van der Waals surface area contributed by atoms with Crippen molar-refractivity contribution in [1.29, 1.82) is 0 Å². The largest absolute Gasteiger partial charge is 0.272 e. The molecule has 1 amide bonds. The first-order valence-electron chi connectivity index (χ1n) is 7.52. The van der Waals surface area contributed by atoms with Crippen molar-refractivity contribution in [2.45, 2.75) is 4.34 Å². The van der Waals surface area contributed by atoms with Crippen LogP contribution in [-0.2, 0) is 4.79 Å². The van der Waals surface area contributed by atoms with Crippen LogP contribution in [-0.4, -0.2) is 22.9 Å². The SMILES string of the molecule is O=C(CSc1nc(-c2ccc(Cl)cc2)cs1)N/N=C/c1ccccc1Cl. The first-order chi connectivity index (χ1) is 12.6. The van der Waals surface area contributed by atoms with Crippen LogP contribution in [0.15, 0.2) is 63.4 Å². The molecular formula is C18H13Cl2N3OS2. The molecule has 2 aromatic carbocycles. The van der Waals surface area contributed by atoms with E-state index in [-0.39, 0.29) is 11.7 Å². The molecule has 0 saturated heterocycles. The minimum absolute atomic E-state index is 0.207. The number of carbonyl (C=O) groups excluding carboxylic acids is 1. The second-order valence-electron chi connectivity index (χ2n) is 5.11. The molecule has 1 heterocycles. The molecule has 0 aliphatic rings. The molecule has 0 unspecified atom stereocenters. The van der Waals surface area contributed by atoms with E-state index in [2.05, 4.69) is 15.5 Å². The molecule has 3 aromatic rings. The third-order valence-corrected chi connectivity index (χ3v) is 5.87. The second-order valence-corrected chi connectivity index (χ2v) is 8.03. The van der Waals surface area contributed by atoms with Crippen LogP contribution in [0.1, 0.15) is 5.56 Å². The number of thioether (sulfide) groups is 1. The molecule has 0 aliphatic carbocycles. The molecule has 3 rings (SSSR count). The summed E-state index contributed by atoms with van der Waals surface area (Å²) in [6.07, 6.45) is 1.52. The Labute approximate surface area is 169 Å². The third kappa shape index (κ3) is 5.32. The fraction of sp³-hybridized carbons (Fsp3) is 0.0556. The van der Waals surface area contributed by atoms with Crippen LogP contribution in [0.5, 0.6) is 0 Å². The summed E-state index contributed by atoms with van der Waals surface area (Å²) >= 11 is 14.8. The number of thiazole rings is 1. The smallest absolute Gasteiger partial charge is 0.250 e. The van der Waals surface area contributed by atoms with E-state index >= 15 is 0 Å². The van der Waals surface area contributed by atoms with E-state index in [1.165, 1.54) is 29.3 Å². The molecule has 132 valence electrons. The van der Waals surface area contributed by atoms with E-state index in [9.17, 15) is 4.79 Å². The normalized spacial score (nSPS) is 11.0. The molecule has 0 radical (unpaired) electrons. The van der Waals surface area contributed by atoms with Gasteiger partial charge in [0.2, 0.25) is 0 Å². The predicted molar refractivity (Wildman–Crippen MR) is 110 cm³/mol. The molecule has 1 N–H and O–H groups in total. The van der Waals surface area contributed by atoms with Crippen molar-refractivity contribution in [3.05, 3.63) is 69.5 Å². The number of benzene rings is 2. The molecule has 0 spiro atoms. The number of hydrogen-bond donors (Lipinski definition) is 1. The number of halogens is 2. The number of rotatable bonds is 6. The Morgan fingerprint density at radius 1 is 1.19 bits per heavy atom. The number of hydrogen-bond acceptors (Lipinski definition) is 5. The summed E-state index contributed by atoms with van der Waals surface area (Å²) in [7, 11) is 0. The Kier molecular flexibility index (Phi) is 6.68. The number of nitrogens with one attached hydrogen (secondary N) is 1. The van der Waals surface area contributed by atoms with Crippen molar-refractivity contribution >= 4 is 58.4 Å². The molecule has 0 saturated carbocycles. The van der Waals surface area contributed by atoms with E-state index in [1.807, 2.05) is 47.8 Å². The van der Waals surface area contributed by atoms with Crippen LogP contribution in [0.25, 0.3) is 11.3 Å². The lowest BCUT2D eigenvalue weighted by Gasteiger charge is -1.99. The van der Waals surface area contributed by atoms with Gasteiger partial charge in [-0.3, -0.25) is 4.79 Å². The van der Waals surface area contributed by atoms with Gasteiger partial charge in [-0.15, -0.1) is 11.3 Å². The number of aromatic nitrogens is 1. The summed E-state index contributed by atoms with van der Waals surface area (Å²) in [4.78, 5) is 16.4. The minimum atomic E-state index is -0.207. The molecule has 0 atom stereocenters. The van der Waals surface area contributed by atoms with Gasteiger partial charge in [0.25, 0.3) is 5.91 Å². The van der Waals surface area contributed by atoms with E-state index in [1.54, 1.807) is 6.07 Å². The molecule has 1 aromatic heterocycles. The van der Waals surface area contributed by atoms with Gasteiger partial charge in [0.15, 0.2) is 4.34 Å². The maximum absolute atomic E-state index is 11.9. The zero-order chi connectivity index (χ0) is 18.4. The average molecular weight is 422 g/mol. The fourth-order valence-corrected chi connectivity index (χ4v) is 3.93. The van der Waals surface area contributed by atoms with Gasteiger partial charge in [-0.25, -0.2) is 10.4 Å². The van der Waals surface area contributed by atoms with Gasteiger partial charge in [0, 0.05) is 26.6 Å². The summed E-state index contributed by atoms with van der Waals surface area (Å²) in [5.41, 5.74) is 5.09. The Morgan fingerprint density at radius 2 is 1.96 bits per heavy atom. The Bertz CT molecular complexity index is 926. The van der Waals surface area contributed by atoms with Crippen molar-refractivity contribution in [3.63, 3.8) is 0 Å². The average Bonchev–Trinajstić information content (AvgIpc) is 3.11. The van der Waals surface area contributed by atoms with E-state index in [4.69, 9.17) is 23.2 Å². The minimum Gasteiger partial charge on any atom is -0.272 e. The lowest BCUT2D eigenvalue weighted by molar-refractivity contribution is -0.118. The lowest BCUT2D eigenvalue weighted by atomic mass is 10.2. The van der Waals surface area contributed by atoms with Crippen LogP contribution in [0.4, 0.5) is 0 Å². The molecular weight excluding hydrogens is 409 g/mol. The molecule has 0 fully saturated rings. The number of nitrogens with zero attached hydrogens (tertiary/aromatic N) is 2. The van der Waals surface area contributed by atoms with Crippen LogP contribution in [0, 0.1) is 0 Å². The monoisotopic (exact) mass is 421 g/mol. The second kappa shape index (κ2) is 9.19. The van der Waals surface area contributed by atoms with Crippen molar-refractivity contribution < 1.29 is 4.79 Å². The van der Waals surface area contributed by atoms with Gasteiger partial charge >= 0.3 is 0 Å². The van der Waals surface area contributed by atoms with E-state index in [0.717, 1.165) is 21.2 Å². The van der Waals surface area contributed by atoms with Crippen molar-refractivity contribution in [3.8, 4) is 11.3 Å². The summed E-state index contributed by atoms with van der Waals surface area (Å²) in [5.74, 6) is 0.0227. The summed E-state index contributed by atoms with van der Waals surface area (Å²) in [6, 6.07) is 14.8. The Balaban J connectivity index is 1.50. The zero-order valence-electron chi connectivity index (χ0n) is 13.4. The Morgan fingerprint density at radius 3 is 2.73 bits per heavy atom. The topological polar surface area (TPSA) is 54.4 Å². The molecule has 26 heavy (non-hydrogen) atoms. The van der Waals surface area contributed by atoms with Gasteiger partial charge in [-0.2, -0.15) is 5.10 Å². The number of carbonyl (C=O) groups is 1. The van der Waals surface area contributed by atoms with Crippen LogP contribution >= 0.6 is 46.3 Å². The molecule has 4 nitrogen and oxygen atoms in total. The third-order valence-electron chi connectivity index (χ3n) is 3.25. The Hall–Kier alpha value is -1.86. The lowest BCUT2D eigenvalue weighted by Crippen LogP contribution is -2.19. The maximum Gasteiger partial charge on any atom is 0.250 e. The number of hydrazone groups is 1. The van der Waals surface area contributed by atoms with Gasteiger partial charge in [0.1, 0.15) is 0 Å². The van der Waals surface area contributed by atoms with Crippen molar-refractivity contribution in [1.82, 2.24) is 10.4 Å². The zero-order valence-corrected chi connectivity index (χ0v) is 16.5.